The van der Waals surface area contributed by atoms with Gasteiger partial charge in [0.15, 0.2) is 0 Å². The van der Waals surface area contributed by atoms with Crippen molar-refractivity contribution in [3.8, 4) is 45.9 Å². The molecule has 8 aromatic rings. The van der Waals surface area contributed by atoms with Gasteiger partial charge >= 0.3 is 0 Å². The quantitative estimate of drug-likeness (QED) is 0.0346. The van der Waals surface area contributed by atoms with Crippen LogP contribution in [0.2, 0.25) is 0 Å². The maximum absolute atomic E-state index is 9.36. The van der Waals surface area contributed by atoms with Crippen molar-refractivity contribution in [2.45, 2.75) is 154 Å². The Kier molecular flexibility index (Phi) is 28.0. The average Bonchev–Trinajstić information content (AvgIpc) is 4.48. The molecular weight excluding hydrogens is 1070 g/mol. The molecule has 0 saturated carbocycles. The van der Waals surface area contributed by atoms with E-state index < -0.39 is 0 Å². The monoisotopic (exact) mass is 1140 g/mol. The molecule has 6 aromatic carbocycles. The van der Waals surface area contributed by atoms with E-state index >= 15 is 0 Å². The average molecular weight is 1140 g/mol. The van der Waals surface area contributed by atoms with Crippen LogP contribution >= 0.6 is 22.7 Å². The van der Waals surface area contributed by atoms with Gasteiger partial charge in [-0.05, 0) is 151 Å². The third kappa shape index (κ3) is 18.3. The summed E-state index contributed by atoms with van der Waals surface area (Å²) in [6.07, 6.45) is 27.1. The normalized spacial score (nSPS) is 12.1. The lowest BCUT2D eigenvalue weighted by Crippen LogP contribution is -2.08. The van der Waals surface area contributed by atoms with E-state index in [2.05, 4.69) is 116 Å². The summed E-state index contributed by atoms with van der Waals surface area (Å²) in [5.41, 5.74) is 11.9. The van der Waals surface area contributed by atoms with Gasteiger partial charge in [-0.2, -0.15) is 10.5 Å². The minimum Gasteiger partial charge on any atom is -0.494 e. The Morgan fingerprint density at radius 2 is 0.877 bits per heavy atom. The largest absolute Gasteiger partial charge is 0.494 e. The first-order chi connectivity index (χ1) is 40.1. The molecule has 0 N–H and O–H groups in total. The van der Waals surface area contributed by atoms with Crippen LogP contribution in [0.25, 0.3) is 53.6 Å². The van der Waals surface area contributed by atoms with Gasteiger partial charge in [0.1, 0.15) is 17.6 Å². The molecule has 0 spiro atoms. The number of hydrogen-bond donors (Lipinski definition) is 0. The predicted octanol–water partition coefficient (Wildman–Crippen LogP) is 23.6. The van der Waals surface area contributed by atoms with Gasteiger partial charge in [0.05, 0.1) is 34.7 Å². The second-order valence-electron chi connectivity index (χ2n) is 20.6. The molecule has 2 aromatic heterocycles. The van der Waals surface area contributed by atoms with Gasteiger partial charge in [-0.1, -0.05) is 182 Å². The molecule has 0 fully saturated rings. The lowest BCUT2D eigenvalue weighted by atomic mass is 9.91. The number of nitriles is 2. The number of aryl methyl sites for hydroxylation is 1. The molecule has 0 amide bonds. The standard InChI is InChI=1S/C69H74N2O2S2.3F2/c1-2-3-4-5-6-10-13-16-28-63(73-58-46-42-56(43-47-58)54-38-34-52(50-71)35-39-54)69-68(62-25-19-21-30-65(62)75-69)60-27-23-26-59(60)67-61-24-18-20-29-64(61)74-66(67)31-17-14-11-8-7-9-12-15-22-48-72-57-44-40-55(41-45-57)53-36-32-51(49-70)33-37-53;3*1-2/h18-21,24-25,29-30,32-47,63H,2-17,22-23,26-28,31,48H2,1H3;;;. The molecule has 4 nitrogen and oxygen atoms in total. The minimum atomic E-state index is -0.0440. The van der Waals surface area contributed by atoms with E-state index in [4.69, 9.17) is 42.2 Å². The van der Waals surface area contributed by atoms with Crippen molar-refractivity contribution in [2.75, 3.05) is 6.61 Å². The van der Waals surface area contributed by atoms with Crippen LogP contribution < -0.4 is 9.47 Å². The predicted molar refractivity (Wildman–Crippen MR) is 325 cm³/mol. The van der Waals surface area contributed by atoms with Gasteiger partial charge in [-0.3, -0.25) is 0 Å². The highest BCUT2D eigenvalue weighted by atomic mass is 32.1. The summed E-state index contributed by atoms with van der Waals surface area (Å²) >= 11 is 4.00. The molecule has 1 atom stereocenters. The fourth-order valence-electron chi connectivity index (χ4n) is 11.1. The van der Waals surface area contributed by atoms with Crippen LogP contribution in [0.3, 0.4) is 0 Å². The van der Waals surface area contributed by atoms with Crippen molar-refractivity contribution in [1.29, 1.82) is 10.5 Å². The Bertz CT molecular complexity index is 3200. The zero-order chi connectivity index (χ0) is 57.4. The molecule has 81 heavy (non-hydrogen) atoms. The molecule has 0 radical (unpaired) electrons. The molecule has 1 aliphatic carbocycles. The molecule has 1 aliphatic rings. The summed E-state index contributed by atoms with van der Waals surface area (Å²) in [7, 11) is 0. The molecule has 1 unspecified atom stereocenters. The first-order valence-electron chi connectivity index (χ1n) is 28.8. The number of hydrogen-bond acceptors (Lipinski definition) is 6. The molecule has 426 valence electrons. The fourth-order valence-corrected chi connectivity index (χ4v) is 13.7. The first-order valence-corrected chi connectivity index (χ1v) is 30.4. The maximum Gasteiger partial charge on any atom is 0.133 e. The third-order valence-corrected chi connectivity index (χ3v) is 17.7. The molecule has 12 heteroatoms. The smallest absolute Gasteiger partial charge is 0.133 e. The number of fused-ring (bicyclic) bond motifs is 2. The lowest BCUT2D eigenvalue weighted by Gasteiger charge is -2.21. The SMILES string of the molecule is CCCCCCCCCCC(Oc1ccc(-c2ccc(C#N)cc2)cc1)c1sc2ccccc2c1C1=C(c2c(CCCCCCCCCCCOc3ccc(-c4ccc(C#N)cc4)cc3)sc3ccccc23)CCC1.FF.FF.FF. The summed E-state index contributed by atoms with van der Waals surface area (Å²) in [6, 6.07) is 55.3. The zero-order valence-corrected chi connectivity index (χ0v) is 48.1. The number of rotatable bonds is 29. The highest BCUT2D eigenvalue weighted by Crippen LogP contribution is 2.52. The third-order valence-electron chi connectivity index (χ3n) is 15.2. The Balaban J connectivity index is 0.00000170. The summed E-state index contributed by atoms with van der Waals surface area (Å²) in [5, 5.41) is 21.3. The molecule has 0 saturated heterocycles. The first kappa shape index (κ1) is 63.3. The van der Waals surface area contributed by atoms with E-state index in [1.165, 1.54) is 139 Å². The highest BCUT2D eigenvalue weighted by molar-refractivity contribution is 7.20. The minimum absolute atomic E-state index is 0.0440. The van der Waals surface area contributed by atoms with Crippen LogP contribution in [0.4, 0.5) is 27.4 Å². The number of unbranched alkanes of at least 4 members (excludes halogenated alkanes) is 15. The van der Waals surface area contributed by atoms with Crippen molar-refractivity contribution in [3.63, 3.8) is 0 Å². The van der Waals surface area contributed by atoms with Gasteiger partial charge in [0, 0.05) is 58.1 Å². The van der Waals surface area contributed by atoms with Crippen LogP contribution in [-0.2, 0) is 6.42 Å². The van der Waals surface area contributed by atoms with E-state index in [0.29, 0.717) is 11.1 Å². The molecule has 0 aliphatic heterocycles. The fraction of sp³-hybridized carbons (Fsp3) is 0.362. The molecular formula is C69H74F6N2O2S2. The highest BCUT2D eigenvalue weighted by Gasteiger charge is 2.30. The van der Waals surface area contributed by atoms with E-state index in [-0.39, 0.29) is 6.10 Å². The van der Waals surface area contributed by atoms with Crippen molar-refractivity contribution < 1.29 is 36.9 Å². The second kappa shape index (κ2) is 35.8. The maximum atomic E-state index is 9.36. The number of ether oxygens (including phenoxy) is 2. The Labute approximate surface area is 483 Å². The van der Waals surface area contributed by atoms with Gasteiger partial charge in [-0.15, -0.1) is 22.7 Å². The Morgan fingerprint density at radius 3 is 1.40 bits per heavy atom. The van der Waals surface area contributed by atoms with E-state index in [1.54, 1.807) is 16.0 Å². The number of halogens is 6. The summed E-state index contributed by atoms with van der Waals surface area (Å²) in [5.74, 6) is 1.83. The lowest BCUT2D eigenvalue weighted by molar-refractivity contribution is 0.108. The van der Waals surface area contributed by atoms with Crippen LogP contribution in [0, 0.1) is 22.7 Å². The van der Waals surface area contributed by atoms with E-state index in [9.17, 15) is 5.26 Å². The zero-order valence-electron chi connectivity index (χ0n) is 46.5. The Hall–Kier alpha value is -6.86. The topological polar surface area (TPSA) is 66.0 Å². The van der Waals surface area contributed by atoms with Crippen LogP contribution in [0.1, 0.15) is 180 Å². The van der Waals surface area contributed by atoms with Gasteiger partial charge in [0.2, 0.25) is 0 Å². The van der Waals surface area contributed by atoms with Crippen LogP contribution in [-0.4, -0.2) is 6.61 Å². The summed E-state index contributed by atoms with van der Waals surface area (Å²) < 4.78 is 64.1. The molecule has 2 heterocycles. The van der Waals surface area contributed by atoms with Crippen molar-refractivity contribution in [1.82, 2.24) is 0 Å². The van der Waals surface area contributed by atoms with Crippen molar-refractivity contribution in [2.24, 2.45) is 0 Å². The van der Waals surface area contributed by atoms with Crippen LogP contribution in [0.15, 0.2) is 146 Å². The van der Waals surface area contributed by atoms with Crippen LogP contribution in [0.5, 0.6) is 11.5 Å². The Morgan fingerprint density at radius 1 is 0.457 bits per heavy atom. The van der Waals surface area contributed by atoms with E-state index in [0.717, 1.165) is 78.9 Å². The van der Waals surface area contributed by atoms with Gasteiger partial charge in [-0.25, -0.2) is 0 Å². The van der Waals surface area contributed by atoms with Crippen molar-refractivity contribution >= 4 is 54.0 Å². The van der Waals surface area contributed by atoms with E-state index in [1.807, 2.05) is 71.2 Å². The van der Waals surface area contributed by atoms with Crippen molar-refractivity contribution in [3.05, 3.63) is 178 Å². The molecule has 0 bridgehead atoms. The number of thiophene rings is 2. The number of benzene rings is 6. The van der Waals surface area contributed by atoms with Gasteiger partial charge < -0.3 is 9.47 Å². The van der Waals surface area contributed by atoms with Gasteiger partial charge in [0.25, 0.3) is 0 Å². The summed E-state index contributed by atoms with van der Waals surface area (Å²) in [6.45, 7) is 3.05. The number of nitrogens with zero attached hydrogens (tertiary/aromatic N) is 2. The molecule has 9 rings (SSSR count). The summed E-state index contributed by atoms with van der Waals surface area (Å²) in [4.78, 5) is 2.97. The number of allylic oxidation sites excluding steroid dienone is 2. The second-order valence-corrected chi connectivity index (χ2v) is 22.8.